The van der Waals surface area contributed by atoms with E-state index in [2.05, 4.69) is 106 Å². The summed E-state index contributed by atoms with van der Waals surface area (Å²) >= 11 is 0. The number of alkyl carbamates (subject to hydrolysis) is 1. The zero-order chi connectivity index (χ0) is 37.7. The van der Waals surface area contributed by atoms with Gasteiger partial charge in [-0.05, 0) is 71.5 Å². The third kappa shape index (κ3) is 7.82. The van der Waals surface area contributed by atoms with E-state index in [1.807, 2.05) is 47.6 Å². The summed E-state index contributed by atoms with van der Waals surface area (Å²) in [6, 6.07) is 36.3. The third-order valence-electron chi connectivity index (χ3n) is 11.2. The largest absolute Gasteiger partial charge is 0.453 e. The number of ether oxygens (including phenoxy) is 1. The first-order valence-corrected chi connectivity index (χ1v) is 19.2. The van der Waals surface area contributed by atoms with Crippen molar-refractivity contribution in [2.24, 2.45) is 0 Å². The van der Waals surface area contributed by atoms with Gasteiger partial charge in [0.1, 0.15) is 17.7 Å². The second-order valence-electron chi connectivity index (χ2n) is 14.7. The lowest BCUT2D eigenvalue weighted by Gasteiger charge is -2.28. The molecule has 10 heteroatoms. The first-order chi connectivity index (χ1) is 26.9. The van der Waals surface area contributed by atoms with Gasteiger partial charge in [-0.1, -0.05) is 116 Å². The molecule has 0 spiro atoms. The molecule has 4 atom stereocenters. The van der Waals surface area contributed by atoms with Crippen molar-refractivity contribution in [2.75, 3.05) is 26.7 Å². The third-order valence-corrected chi connectivity index (χ3v) is 11.2. The van der Waals surface area contributed by atoms with E-state index >= 15 is 0 Å². The first-order valence-electron chi connectivity index (χ1n) is 19.2. The fourth-order valence-electron chi connectivity index (χ4n) is 8.17. The highest BCUT2D eigenvalue weighted by atomic mass is 16.5. The van der Waals surface area contributed by atoms with Crippen molar-refractivity contribution in [2.45, 2.75) is 56.7 Å². The Morgan fingerprint density at radius 3 is 1.80 bits per heavy atom. The second-order valence-corrected chi connectivity index (χ2v) is 14.7. The number of imidazole rings is 2. The molecule has 2 saturated heterocycles. The molecule has 0 aliphatic carbocycles. The van der Waals surface area contributed by atoms with Crippen LogP contribution in [0.4, 0.5) is 4.79 Å². The van der Waals surface area contributed by atoms with Crippen molar-refractivity contribution in [3.8, 4) is 33.6 Å². The predicted molar refractivity (Wildman–Crippen MR) is 214 cm³/mol. The van der Waals surface area contributed by atoms with Crippen molar-refractivity contribution in [1.82, 2.24) is 35.1 Å². The van der Waals surface area contributed by atoms with E-state index in [9.17, 15) is 9.59 Å². The molecule has 2 amide bonds. The maximum Gasteiger partial charge on any atom is 0.407 e. The van der Waals surface area contributed by atoms with Crippen LogP contribution in [0.1, 0.15) is 79.4 Å². The SMILES string of the molecule is COC(=O)N[C@@H](C(=O)N1CCC[C@H]1c1ncc(-c2ccc(-c3ccc(-c4cnc([C@@H]5CCCN5C[C@H](C)c5ccccc5)[nH]4)cc3)cc2)[nH]1)c1ccccc1. The predicted octanol–water partition coefficient (Wildman–Crippen LogP) is 8.84. The lowest BCUT2D eigenvalue weighted by Crippen LogP contribution is -2.42. The molecule has 2 aliphatic rings. The van der Waals surface area contributed by atoms with Gasteiger partial charge in [0, 0.05) is 13.1 Å². The minimum absolute atomic E-state index is 0.190. The number of methoxy groups -OCH3 is 1. The molecule has 4 aromatic carbocycles. The number of nitrogens with one attached hydrogen (secondary N) is 3. The van der Waals surface area contributed by atoms with Crippen LogP contribution in [-0.4, -0.2) is 68.5 Å². The van der Waals surface area contributed by atoms with E-state index in [0.717, 1.165) is 77.6 Å². The lowest BCUT2D eigenvalue weighted by atomic mass is 10.0. The molecule has 8 rings (SSSR count). The average molecular weight is 734 g/mol. The summed E-state index contributed by atoms with van der Waals surface area (Å²) < 4.78 is 4.83. The fourth-order valence-corrected chi connectivity index (χ4v) is 8.17. The van der Waals surface area contributed by atoms with Crippen molar-refractivity contribution < 1.29 is 14.3 Å². The Morgan fingerprint density at radius 2 is 1.22 bits per heavy atom. The van der Waals surface area contributed by atoms with Crippen molar-refractivity contribution in [3.05, 3.63) is 144 Å². The lowest BCUT2D eigenvalue weighted by molar-refractivity contribution is -0.134. The number of likely N-dealkylation sites (tertiary alicyclic amines) is 2. The average Bonchev–Trinajstić information content (AvgIpc) is 4.08. The van der Waals surface area contributed by atoms with Crippen molar-refractivity contribution >= 4 is 12.0 Å². The molecule has 3 N–H and O–H groups in total. The minimum atomic E-state index is -0.857. The zero-order valence-electron chi connectivity index (χ0n) is 31.3. The summed E-state index contributed by atoms with van der Waals surface area (Å²) in [7, 11) is 1.29. The number of hydrogen-bond acceptors (Lipinski definition) is 6. The highest BCUT2D eigenvalue weighted by molar-refractivity contribution is 5.87. The molecule has 55 heavy (non-hydrogen) atoms. The highest BCUT2D eigenvalue weighted by Crippen LogP contribution is 2.36. The van der Waals surface area contributed by atoms with E-state index in [4.69, 9.17) is 14.7 Å². The number of aromatic amines is 2. The van der Waals surface area contributed by atoms with Crippen LogP contribution in [-0.2, 0) is 9.53 Å². The highest BCUT2D eigenvalue weighted by Gasteiger charge is 2.37. The Kier molecular flexibility index (Phi) is 10.6. The maximum atomic E-state index is 13.9. The van der Waals surface area contributed by atoms with Gasteiger partial charge in [0.25, 0.3) is 5.91 Å². The number of nitrogens with zero attached hydrogens (tertiary/aromatic N) is 4. The molecule has 2 aliphatic heterocycles. The van der Waals surface area contributed by atoms with Gasteiger partial charge < -0.3 is 24.9 Å². The minimum Gasteiger partial charge on any atom is -0.453 e. The van der Waals surface area contributed by atoms with Gasteiger partial charge >= 0.3 is 6.09 Å². The Morgan fingerprint density at radius 1 is 0.709 bits per heavy atom. The van der Waals surface area contributed by atoms with Gasteiger partial charge in [-0.2, -0.15) is 0 Å². The molecule has 4 heterocycles. The van der Waals surface area contributed by atoms with Crippen LogP contribution in [0.5, 0.6) is 0 Å². The van der Waals surface area contributed by atoms with Crippen LogP contribution < -0.4 is 5.32 Å². The van der Waals surface area contributed by atoms with E-state index < -0.39 is 12.1 Å². The molecule has 0 unspecified atom stereocenters. The van der Waals surface area contributed by atoms with Gasteiger partial charge in [0.15, 0.2) is 0 Å². The summed E-state index contributed by atoms with van der Waals surface area (Å²) in [5, 5.41) is 2.73. The maximum absolute atomic E-state index is 13.9. The number of benzene rings is 4. The molecule has 6 aromatic rings. The molecule has 2 aromatic heterocycles. The first kappa shape index (κ1) is 36.0. The van der Waals surface area contributed by atoms with E-state index in [0.29, 0.717) is 24.1 Å². The summed E-state index contributed by atoms with van der Waals surface area (Å²) in [5.74, 6) is 2.06. The summed E-state index contributed by atoms with van der Waals surface area (Å²) in [4.78, 5) is 47.2. The normalized spacial score (nSPS) is 18.3. The van der Waals surface area contributed by atoms with Crippen LogP contribution in [0, 0.1) is 0 Å². The van der Waals surface area contributed by atoms with Crippen LogP contribution in [0.2, 0.25) is 0 Å². The quantitative estimate of drug-likeness (QED) is 0.122. The summed E-state index contributed by atoms with van der Waals surface area (Å²) in [5.41, 5.74) is 8.37. The van der Waals surface area contributed by atoms with E-state index in [-0.39, 0.29) is 11.9 Å². The van der Waals surface area contributed by atoms with Crippen LogP contribution in [0.3, 0.4) is 0 Å². The zero-order valence-corrected chi connectivity index (χ0v) is 31.3. The number of rotatable bonds is 11. The smallest absolute Gasteiger partial charge is 0.407 e. The summed E-state index contributed by atoms with van der Waals surface area (Å²) in [6.07, 6.45) is 7.07. The Bertz CT molecular complexity index is 2200. The molecular weight excluding hydrogens is 687 g/mol. The fraction of sp³-hybridized carbons (Fsp3) is 0.289. The number of hydrogen-bond donors (Lipinski definition) is 3. The van der Waals surface area contributed by atoms with Gasteiger partial charge in [0.05, 0.1) is 43.0 Å². The standard InChI is InChI=1S/C45H47N7O3/c1-30(31-11-5-3-6-12-31)29-51-25-9-15-39(51)42-46-27-37(48-42)34-21-17-32(18-22-34)33-19-23-35(24-20-33)38-28-47-43(49-38)40-16-10-26-52(40)44(53)41(50-45(54)55-2)36-13-7-4-8-14-36/h3-8,11-14,17-24,27-28,30,39-41H,9-10,15-16,25-26,29H2,1-2H3,(H,46,48)(H,47,49)(H,50,54)/t30-,39-,40-,41+/m0/s1. The molecule has 0 bridgehead atoms. The molecular formula is C45H47N7O3. The number of amides is 2. The monoisotopic (exact) mass is 733 g/mol. The van der Waals surface area contributed by atoms with Crippen LogP contribution in [0.25, 0.3) is 33.6 Å². The van der Waals surface area contributed by atoms with Crippen molar-refractivity contribution in [1.29, 1.82) is 0 Å². The van der Waals surface area contributed by atoms with Crippen LogP contribution in [0.15, 0.2) is 122 Å². The molecule has 10 nitrogen and oxygen atoms in total. The van der Waals surface area contributed by atoms with Gasteiger partial charge in [-0.3, -0.25) is 9.69 Å². The van der Waals surface area contributed by atoms with Gasteiger partial charge in [-0.15, -0.1) is 0 Å². The molecule has 0 saturated carbocycles. The van der Waals surface area contributed by atoms with Gasteiger partial charge in [0.2, 0.25) is 0 Å². The molecule has 280 valence electrons. The Hall–Kier alpha value is -6.00. The molecule has 0 radical (unpaired) electrons. The van der Waals surface area contributed by atoms with E-state index in [1.54, 1.807) is 0 Å². The second kappa shape index (κ2) is 16.2. The number of H-pyrrole nitrogens is 2. The summed E-state index contributed by atoms with van der Waals surface area (Å²) in [6.45, 7) is 5.01. The Balaban J connectivity index is 0.917. The van der Waals surface area contributed by atoms with Crippen molar-refractivity contribution in [3.63, 3.8) is 0 Å². The number of carbonyl (C=O) groups is 2. The Labute approximate surface area is 322 Å². The topological polar surface area (TPSA) is 119 Å². The van der Waals surface area contributed by atoms with E-state index in [1.165, 1.54) is 19.1 Å². The number of carbonyl (C=O) groups excluding carboxylic acids is 2. The van der Waals surface area contributed by atoms with Gasteiger partial charge in [-0.25, -0.2) is 14.8 Å². The molecule has 2 fully saturated rings. The van der Waals surface area contributed by atoms with Crippen LogP contribution >= 0.6 is 0 Å². The number of aromatic nitrogens is 4.